The number of carbonyl (C=O) groups is 1. The van der Waals surface area contributed by atoms with E-state index >= 15 is 0 Å². The van der Waals surface area contributed by atoms with Crippen molar-refractivity contribution in [1.29, 1.82) is 0 Å². The molecule has 6 heteroatoms. The van der Waals surface area contributed by atoms with Gasteiger partial charge in [0, 0.05) is 41.3 Å². The lowest BCUT2D eigenvalue weighted by molar-refractivity contribution is 0.262. The summed E-state index contributed by atoms with van der Waals surface area (Å²) >= 11 is 0. The number of benzene rings is 2. The zero-order valence-electron chi connectivity index (χ0n) is 19.6. The number of fused-ring (bicyclic) bond motifs is 1. The van der Waals surface area contributed by atoms with Crippen LogP contribution in [0.2, 0.25) is 0 Å². The van der Waals surface area contributed by atoms with Crippen molar-refractivity contribution in [2.75, 3.05) is 10.6 Å². The van der Waals surface area contributed by atoms with E-state index < -0.39 is 0 Å². The zero-order chi connectivity index (χ0) is 23.7. The molecular weight excluding hydrogens is 412 g/mol. The van der Waals surface area contributed by atoms with Gasteiger partial charge in [0.2, 0.25) is 0 Å². The topological polar surface area (TPSA) is 76.0 Å². The number of aryl methyl sites for hydroxylation is 3. The van der Waals surface area contributed by atoms with Crippen LogP contribution in [0.3, 0.4) is 0 Å². The number of hydrogen-bond donors (Lipinski definition) is 2. The Labute approximate surface area is 193 Å². The van der Waals surface area contributed by atoms with Crippen LogP contribution in [-0.4, -0.2) is 15.6 Å². The lowest BCUT2D eigenvalue weighted by Gasteiger charge is -2.14. The van der Waals surface area contributed by atoms with Gasteiger partial charge in [0.1, 0.15) is 0 Å². The van der Waals surface area contributed by atoms with E-state index in [1.165, 1.54) is 5.56 Å². The molecule has 2 aromatic carbocycles. The highest BCUT2D eigenvalue weighted by Gasteiger charge is 2.13. The van der Waals surface area contributed by atoms with Crippen LogP contribution in [0.5, 0.6) is 0 Å². The van der Waals surface area contributed by atoms with E-state index in [1.807, 2.05) is 68.4 Å². The summed E-state index contributed by atoms with van der Waals surface area (Å²) in [6.45, 7) is 8.11. The van der Waals surface area contributed by atoms with Gasteiger partial charge in [-0.3, -0.25) is 9.78 Å². The molecule has 0 bridgehead atoms. The van der Waals surface area contributed by atoms with Gasteiger partial charge in [-0.05, 0) is 72.9 Å². The summed E-state index contributed by atoms with van der Waals surface area (Å²) in [4.78, 5) is 30.1. The fourth-order valence-corrected chi connectivity index (χ4v) is 3.89. The Bertz CT molecular complexity index is 1400. The van der Waals surface area contributed by atoms with Gasteiger partial charge in [-0.2, -0.15) is 0 Å². The van der Waals surface area contributed by atoms with E-state index in [0.29, 0.717) is 17.2 Å². The molecule has 2 amide bonds. The molecule has 33 heavy (non-hydrogen) atoms. The minimum absolute atomic E-state index is 0.0944. The van der Waals surface area contributed by atoms with Crippen molar-refractivity contribution in [3.05, 3.63) is 88.0 Å². The average Bonchev–Trinajstić information content (AvgIpc) is 2.78. The highest BCUT2D eigenvalue weighted by Crippen LogP contribution is 2.27. The second kappa shape index (κ2) is 8.90. The molecule has 0 aliphatic carbocycles. The van der Waals surface area contributed by atoms with Crippen LogP contribution < -0.4 is 16.2 Å². The van der Waals surface area contributed by atoms with Crippen molar-refractivity contribution in [2.24, 2.45) is 7.05 Å². The van der Waals surface area contributed by atoms with E-state index in [4.69, 9.17) is 0 Å². The molecule has 4 aromatic rings. The normalized spacial score (nSPS) is 11.1. The molecule has 2 heterocycles. The Morgan fingerprint density at radius 3 is 2.27 bits per heavy atom. The van der Waals surface area contributed by atoms with Crippen LogP contribution >= 0.6 is 0 Å². The number of urea groups is 1. The minimum Gasteiger partial charge on any atom is -0.311 e. The predicted octanol–water partition coefficient (Wildman–Crippen LogP) is 5.98. The number of pyridine rings is 2. The van der Waals surface area contributed by atoms with Crippen molar-refractivity contribution in [2.45, 2.75) is 33.6 Å². The Morgan fingerprint density at radius 2 is 1.58 bits per heavy atom. The van der Waals surface area contributed by atoms with Gasteiger partial charge < -0.3 is 15.2 Å². The minimum atomic E-state index is -0.340. The van der Waals surface area contributed by atoms with Crippen LogP contribution in [0.15, 0.2) is 65.6 Å². The fourth-order valence-electron chi connectivity index (χ4n) is 3.89. The number of hydrogen-bond acceptors (Lipinski definition) is 3. The molecule has 0 spiro atoms. The van der Waals surface area contributed by atoms with Gasteiger partial charge in [-0.1, -0.05) is 32.0 Å². The Hall–Kier alpha value is -3.93. The van der Waals surface area contributed by atoms with Gasteiger partial charge in [0.25, 0.3) is 5.56 Å². The average molecular weight is 441 g/mol. The third kappa shape index (κ3) is 4.65. The van der Waals surface area contributed by atoms with E-state index in [9.17, 15) is 9.59 Å². The predicted molar refractivity (Wildman–Crippen MR) is 135 cm³/mol. The largest absolute Gasteiger partial charge is 0.323 e. The molecule has 0 fully saturated rings. The number of anilines is 2. The molecule has 0 unspecified atom stereocenters. The maximum Gasteiger partial charge on any atom is 0.323 e. The van der Waals surface area contributed by atoms with Crippen molar-refractivity contribution in [1.82, 2.24) is 9.55 Å². The highest BCUT2D eigenvalue weighted by molar-refractivity contribution is 6.00. The Morgan fingerprint density at radius 1 is 0.909 bits per heavy atom. The van der Waals surface area contributed by atoms with Gasteiger partial charge in [-0.25, -0.2) is 4.79 Å². The molecule has 0 atom stereocenters. The van der Waals surface area contributed by atoms with Crippen LogP contribution in [0.4, 0.5) is 16.2 Å². The molecule has 168 valence electrons. The highest BCUT2D eigenvalue weighted by atomic mass is 16.2. The zero-order valence-corrected chi connectivity index (χ0v) is 19.6. The number of amides is 2. The molecule has 0 aliphatic heterocycles. The molecular formula is C27H28N4O2. The number of rotatable bonds is 4. The smallest absolute Gasteiger partial charge is 0.311 e. The Kier molecular flexibility index (Phi) is 6.01. The number of nitrogens with one attached hydrogen (secondary N) is 2. The molecule has 4 rings (SSSR count). The Balaban J connectivity index is 1.62. The first-order chi connectivity index (χ1) is 15.7. The van der Waals surface area contributed by atoms with Gasteiger partial charge in [0.15, 0.2) is 0 Å². The third-order valence-electron chi connectivity index (χ3n) is 5.87. The van der Waals surface area contributed by atoms with Crippen LogP contribution in [0, 0.1) is 13.8 Å². The molecule has 6 nitrogen and oxygen atoms in total. The van der Waals surface area contributed by atoms with Crippen molar-refractivity contribution < 1.29 is 4.79 Å². The molecule has 2 aromatic heterocycles. The summed E-state index contributed by atoms with van der Waals surface area (Å²) < 4.78 is 1.65. The summed E-state index contributed by atoms with van der Waals surface area (Å²) in [7, 11) is 1.77. The first-order valence-electron chi connectivity index (χ1n) is 11.0. The first kappa shape index (κ1) is 22.3. The van der Waals surface area contributed by atoms with E-state index in [2.05, 4.69) is 29.5 Å². The quantitative estimate of drug-likeness (QED) is 0.410. The SMILES string of the molecule is Cc1cc2c(cn1)cc(-c1cc(NC(=O)Nc3ccc(C(C)C)cc3)ccc1C)c(=O)n2C. The van der Waals surface area contributed by atoms with Gasteiger partial charge >= 0.3 is 6.03 Å². The maximum atomic E-state index is 13.1. The second-order valence-corrected chi connectivity index (χ2v) is 8.69. The lowest BCUT2D eigenvalue weighted by atomic mass is 9.99. The molecule has 2 N–H and O–H groups in total. The van der Waals surface area contributed by atoms with Crippen molar-refractivity contribution >= 4 is 28.3 Å². The summed E-state index contributed by atoms with van der Waals surface area (Å²) in [5, 5.41) is 6.62. The number of carbonyl (C=O) groups excluding carboxylic acids is 1. The maximum absolute atomic E-state index is 13.1. The first-order valence-corrected chi connectivity index (χ1v) is 11.0. The monoisotopic (exact) mass is 440 g/mol. The lowest BCUT2D eigenvalue weighted by Crippen LogP contribution is -2.20. The fraction of sp³-hybridized carbons (Fsp3) is 0.222. The summed E-state index contributed by atoms with van der Waals surface area (Å²) in [5.74, 6) is 0.432. The standard InChI is InChI=1S/C27H28N4O2/c1-16(2)19-7-10-21(11-8-19)29-27(33)30-22-9-6-17(3)23(14-22)24-13-20-15-28-18(4)12-25(20)31(5)26(24)32/h6-16H,1-5H3,(H2,29,30,33). The summed E-state index contributed by atoms with van der Waals surface area (Å²) in [6.07, 6.45) is 1.78. The molecule has 0 radical (unpaired) electrons. The number of nitrogens with zero attached hydrogens (tertiary/aromatic N) is 2. The van der Waals surface area contributed by atoms with Crippen molar-refractivity contribution in [3.63, 3.8) is 0 Å². The van der Waals surface area contributed by atoms with Crippen LogP contribution in [0.1, 0.15) is 36.6 Å². The third-order valence-corrected chi connectivity index (χ3v) is 5.87. The summed E-state index contributed by atoms with van der Waals surface area (Å²) in [6, 6.07) is 16.8. The van der Waals surface area contributed by atoms with Gasteiger partial charge in [0.05, 0.1) is 5.52 Å². The van der Waals surface area contributed by atoms with E-state index in [-0.39, 0.29) is 11.6 Å². The van der Waals surface area contributed by atoms with E-state index in [1.54, 1.807) is 17.8 Å². The van der Waals surface area contributed by atoms with Crippen LogP contribution in [-0.2, 0) is 7.05 Å². The molecule has 0 saturated heterocycles. The molecule has 0 saturated carbocycles. The van der Waals surface area contributed by atoms with E-state index in [0.717, 1.165) is 33.4 Å². The number of aromatic nitrogens is 2. The summed E-state index contributed by atoms with van der Waals surface area (Å²) in [5.41, 5.74) is 6.44. The molecule has 0 aliphatic rings. The second-order valence-electron chi connectivity index (χ2n) is 8.69. The van der Waals surface area contributed by atoms with Crippen molar-refractivity contribution in [3.8, 4) is 11.1 Å². The van der Waals surface area contributed by atoms with Gasteiger partial charge in [-0.15, -0.1) is 0 Å². The van der Waals surface area contributed by atoms with Crippen LogP contribution in [0.25, 0.3) is 22.0 Å².